The molecule has 2 rings (SSSR count). The number of ether oxygens (including phenoxy) is 1. The predicted molar refractivity (Wildman–Crippen MR) is 69.2 cm³/mol. The molecular formula is C10H14N6O5. The van der Waals surface area contributed by atoms with Crippen LogP contribution in [-0.4, -0.2) is 45.0 Å². The van der Waals surface area contributed by atoms with Crippen molar-refractivity contribution in [1.29, 1.82) is 0 Å². The van der Waals surface area contributed by atoms with Gasteiger partial charge in [-0.2, -0.15) is 15.0 Å². The van der Waals surface area contributed by atoms with Crippen molar-refractivity contribution >= 4 is 5.95 Å². The Hall–Kier alpha value is -2.59. The van der Waals surface area contributed by atoms with Crippen molar-refractivity contribution in [2.24, 2.45) is 0 Å². The van der Waals surface area contributed by atoms with E-state index < -0.39 is 21.8 Å². The lowest BCUT2D eigenvalue weighted by Gasteiger charge is -2.26. The predicted octanol–water partition coefficient (Wildman–Crippen LogP) is 0.422. The molecule has 1 aromatic rings. The summed E-state index contributed by atoms with van der Waals surface area (Å²) in [6.07, 6.45) is 0.734. The molecule has 11 nitrogen and oxygen atoms in total. The molecule has 1 aromatic heterocycles. The van der Waals surface area contributed by atoms with Crippen LogP contribution in [0.25, 0.3) is 0 Å². The van der Waals surface area contributed by atoms with Gasteiger partial charge in [-0.25, -0.2) is 0 Å². The van der Waals surface area contributed by atoms with Crippen LogP contribution in [0, 0.1) is 20.2 Å². The Labute approximate surface area is 119 Å². The molecule has 0 amide bonds. The smallest absolute Gasteiger partial charge is 0.467 e. The first-order chi connectivity index (χ1) is 10.0. The van der Waals surface area contributed by atoms with Crippen molar-refractivity contribution in [1.82, 2.24) is 15.0 Å². The summed E-state index contributed by atoms with van der Waals surface area (Å²) < 4.78 is 4.86. The minimum Gasteiger partial charge on any atom is -0.467 e. The summed E-state index contributed by atoms with van der Waals surface area (Å²) in [6, 6.07) is -0.172. The molecule has 11 heteroatoms. The molecule has 1 aliphatic rings. The molecule has 1 aliphatic heterocycles. The van der Waals surface area contributed by atoms with E-state index in [4.69, 9.17) is 4.74 Å². The topological polar surface area (TPSA) is 137 Å². The van der Waals surface area contributed by atoms with Crippen LogP contribution in [0.4, 0.5) is 5.95 Å². The summed E-state index contributed by atoms with van der Waals surface area (Å²) in [5.74, 6) is -0.359. The van der Waals surface area contributed by atoms with Crippen LogP contribution in [0.1, 0.15) is 31.3 Å². The van der Waals surface area contributed by atoms with Gasteiger partial charge < -0.3 is 9.64 Å². The van der Waals surface area contributed by atoms with Crippen molar-refractivity contribution in [2.75, 3.05) is 25.1 Å². The van der Waals surface area contributed by atoms with Gasteiger partial charge in [-0.3, -0.25) is 20.2 Å². The number of rotatable bonds is 5. The largest absolute Gasteiger partial charge is 0.509 e. The lowest BCUT2D eigenvalue weighted by molar-refractivity contribution is -0.754. The average molecular weight is 298 g/mol. The third-order valence-corrected chi connectivity index (χ3v) is 3.07. The molecule has 1 fully saturated rings. The summed E-state index contributed by atoms with van der Waals surface area (Å²) >= 11 is 0. The molecule has 0 radical (unpaired) electrons. The van der Waals surface area contributed by atoms with Crippen molar-refractivity contribution in [3.63, 3.8) is 0 Å². The van der Waals surface area contributed by atoms with Gasteiger partial charge in [-0.15, -0.1) is 0 Å². The minimum atomic E-state index is -2.23. The van der Waals surface area contributed by atoms with Crippen molar-refractivity contribution in [3.05, 3.63) is 26.1 Å². The lowest BCUT2D eigenvalue weighted by Crippen LogP contribution is -2.32. The van der Waals surface area contributed by atoms with Gasteiger partial charge in [0.25, 0.3) is 5.82 Å². The molecule has 0 unspecified atom stereocenters. The van der Waals surface area contributed by atoms with E-state index in [9.17, 15) is 20.2 Å². The second-order valence-corrected chi connectivity index (χ2v) is 4.47. The Kier molecular flexibility index (Phi) is 4.40. The van der Waals surface area contributed by atoms with E-state index in [-0.39, 0.29) is 12.0 Å². The SMILES string of the molecule is COc1nc(C([N+](=O)[O-])[N+](=O)[O-])nc(N2CCCCC2)n1. The van der Waals surface area contributed by atoms with Crippen LogP contribution in [0.15, 0.2) is 0 Å². The Morgan fingerprint density at radius 1 is 1.10 bits per heavy atom. The molecule has 2 heterocycles. The van der Waals surface area contributed by atoms with E-state index in [1.54, 1.807) is 0 Å². The van der Waals surface area contributed by atoms with E-state index in [0.29, 0.717) is 13.1 Å². The summed E-state index contributed by atoms with van der Waals surface area (Å²) in [5.41, 5.74) is 0. The first-order valence-corrected chi connectivity index (χ1v) is 6.35. The van der Waals surface area contributed by atoms with Gasteiger partial charge in [0.05, 0.1) is 7.11 Å². The molecule has 0 N–H and O–H groups in total. The van der Waals surface area contributed by atoms with Crippen LogP contribution in [0.2, 0.25) is 0 Å². The number of anilines is 1. The summed E-state index contributed by atoms with van der Waals surface area (Å²) in [4.78, 5) is 32.9. The van der Waals surface area contributed by atoms with Crippen molar-refractivity contribution < 1.29 is 14.6 Å². The fraction of sp³-hybridized carbons (Fsp3) is 0.700. The highest BCUT2D eigenvalue weighted by atomic mass is 16.7. The molecule has 0 bridgehead atoms. The summed E-state index contributed by atoms with van der Waals surface area (Å²) in [7, 11) is 1.28. The number of hydrogen-bond donors (Lipinski definition) is 0. The molecule has 1 saturated heterocycles. The third kappa shape index (κ3) is 3.30. The highest BCUT2D eigenvalue weighted by Gasteiger charge is 2.39. The maximum Gasteiger partial charge on any atom is 0.509 e. The van der Waals surface area contributed by atoms with Gasteiger partial charge in [-0.05, 0) is 19.3 Å². The molecule has 0 aliphatic carbocycles. The monoisotopic (exact) mass is 298 g/mol. The molecule has 0 spiro atoms. The van der Waals surface area contributed by atoms with Crippen LogP contribution in [-0.2, 0) is 0 Å². The molecule has 0 saturated carbocycles. The van der Waals surface area contributed by atoms with Crippen LogP contribution < -0.4 is 9.64 Å². The van der Waals surface area contributed by atoms with Crippen molar-refractivity contribution in [2.45, 2.75) is 25.4 Å². The highest BCUT2D eigenvalue weighted by Crippen LogP contribution is 2.21. The number of hydrogen-bond acceptors (Lipinski definition) is 9. The number of piperidine rings is 1. The van der Waals surface area contributed by atoms with Crippen LogP contribution in [0.3, 0.4) is 0 Å². The molecule has 0 aromatic carbocycles. The maximum atomic E-state index is 10.8. The highest BCUT2D eigenvalue weighted by molar-refractivity contribution is 5.31. The number of nitrogens with zero attached hydrogens (tertiary/aromatic N) is 6. The average Bonchev–Trinajstić information content (AvgIpc) is 2.47. The van der Waals surface area contributed by atoms with Gasteiger partial charge in [0, 0.05) is 13.1 Å². The Morgan fingerprint density at radius 2 is 1.71 bits per heavy atom. The van der Waals surface area contributed by atoms with Gasteiger partial charge in [-0.1, -0.05) is 0 Å². The van der Waals surface area contributed by atoms with Crippen LogP contribution in [0.5, 0.6) is 6.01 Å². The van der Waals surface area contributed by atoms with Gasteiger partial charge in [0.1, 0.15) is 9.85 Å². The fourth-order valence-electron chi connectivity index (χ4n) is 2.07. The summed E-state index contributed by atoms with van der Waals surface area (Å²) in [5, 5.41) is 21.7. The van der Waals surface area contributed by atoms with E-state index >= 15 is 0 Å². The Balaban J connectivity index is 2.41. The first-order valence-electron chi connectivity index (χ1n) is 6.35. The second-order valence-electron chi connectivity index (χ2n) is 4.47. The standard InChI is InChI=1S/C10H14N6O5/c1-21-10-12-7(8(15(17)18)16(19)20)11-9(13-10)14-5-3-2-4-6-14/h8H,2-6H2,1H3. The first kappa shape index (κ1) is 14.8. The zero-order chi connectivity index (χ0) is 15.4. The number of methoxy groups -OCH3 is 1. The number of aromatic nitrogens is 3. The normalized spacial score (nSPS) is 15.0. The van der Waals surface area contributed by atoms with Gasteiger partial charge in [0.2, 0.25) is 5.95 Å². The fourth-order valence-corrected chi connectivity index (χ4v) is 2.07. The van der Waals surface area contributed by atoms with E-state index in [0.717, 1.165) is 19.3 Å². The second kappa shape index (κ2) is 6.24. The van der Waals surface area contributed by atoms with E-state index in [2.05, 4.69) is 15.0 Å². The maximum absolute atomic E-state index is 10.8. The van der Waals surface area contributed by atoms with Gasteiger partial charge >= 0.3 is 12.2 Å². The molecule has 114 valence electrons. The molecule has 0 atom stereocenters. The number of nitro groups is 2. The lowest BCUT2D eigenvalue weighted by atomic mass is 10.1. The minimum absolute atomic E-state index is 0.172. The zero-order valence-electron chi connectivity index (χ0n) is 11.3. The Bertz CT molecular complexity index is 533. The zero-order valence-corrected chi connectivity index (χ0v) is 11.3. The van der Waals surface area contributed by atoms with E-state index in [1.807, 2.05) is 4.90 Å². The Morgan fingerprint density at radius 3 is 2.24 bits per heavy atom. The molecule has 21 heavy (non-hydrogen) atoms. The van der Waals surface area contributed by atoms with E-state index in [1.165, 1.54) is 7.11 Å². The molecular weight excluding hydrogens is 284 g/mol. The van der Waals surface area contributed by atoms with Crippen LogP contribution >= 0.6 is 0 Å². The summed E-state index contributed by atoms with van der Waals surface area (Å²) in [6.45, 7) is 1.38. The third-order valence-electron chi connectivity index (χ3n) is 3.07. The van der Waals surface area contributed by atoms with Gasteiger partial charge in [0.15, 0.2) is 0 Å². The quantitative estimate of drug-likeness (QED) is 0.430. The van der Waals surface area contributed by atoms with Crippen molar-refractivity contribution in [3.8, 4) is 6.01 Å².